The maximum Gasteiger partial charge on any atom is 0.459 e. The molecule has 20 N–H and O–H groups in total. The first-order valence-corrected chi connectivity index (χ1v) is 51.9. The normalized spacial score (nSPS) is 25.2. The lowest BCUT2D eigenvalue weighted by molar-refractivity contribution is -0.147. The molecule has 4 saturated heterocycles. The Morgan fingerprint density at radius 2 is 0.642 bits per heavy atom. The van der Waals surface area contributed by atoms with Crippen LogP contribution in [0.4, 0.5) is 22.9 Å². The number of ether oxygens (including phenoxy) is 7. The molecule has 0 aliphatic carbocycles. The Balaban J connectivity index is 0.000000192. The van der Waals surface area contributed by atoms with Crippen molar-refractivity contribution >= 4 is 86.1 Å². The van der Waals surface area contributed by atoms with Crippen molar-refractivity contribution in [1.29, 1.82) is 21.0 Å². The van der Waals surface area contributed by atoms with E-state index in [4.69, 9.17) is 83.2 Å². The van der Waals surface area contributed by atoms with Gasteiger partial charge in [-0.3, -0.25) is 28.0 Å². The second-order valence-electron chi connectivity index (χ2n) is 35.1. The fraction of sp³-hybridized carbons (Fsp3) is 0.464. The summed E-state index contributed by atoms with van der Waals surface area (Å²) in [5.41, 5.74) is 19.4. The van der Waals surface area contributed by atoms with Crippen LogP contribution < -0.4 is 51.8 Å². The molecule has 15 rings (SSSR count). The van der Waals surface area contributed by atoms with Gasteiger partial charge in [0.1, 0.15) is 145 Å². The third kappa shape index (κ3) is 25.2. The maximum absolute atomic E-state index is 13.9. The average molecular weight is 2110 g/mol. The van der Waals surface area contributed by atoms with Crippen LogP contribution >= 0.6 is 23.2 Å². The number of nitrogens with two attached hydrogens (primary N) is 4. The molecule has 0 saturated carbocycles. The fourth-order valence-corrected chi connectivity index (χ4v) is 21.0. The number of nitrogens with zero attached hydrogens (tertiary/aromatic N) is 13. The van der Waals surface area contributed by atoms with Gasteiger partial charge in [0.15, 0.2) is 5.82 Å². The predicted molar refractivity (Wildman–Crippen MR) is 532 cm³/mol. The number of aliphatic hydroxyl groups excluding tert-OH is 9. The molecular weight excluding hydrogens is 1990 g/mol. The molecule has 51 heteroatoms. The Kier molecular flexibility index (Phi) is 39.4. The van der Waals surface area contributed by atoms with Crippen LogP contribution in [0.5, 0.6) is 17.2 Å². The van der Waals surface area contributed by atoms with Crippen LogP contribution in [0, 0.1) is 63.1 Å². The molecule has 22 atom stereocenters. The second-order valence-corrected chi connectivity index (χ2v) is 40.2. The molecule has 4 fully saturated rings. The Morgan fingerprint density at radius 3 is 0.892 bits per heavy atom. The van der Waals surface area contributed by atoms with Gasteiger partial charge < -0.3 is 116 Å². The van der Waals surface area contributed by atoms with Gasteiger partial charge in [-0.1, -0.05) is 142 Å². The lowest BCUT2D eigenvalue weighted by Crippen LogP contribution is -2.41. The molecule has 0 radical (unpaired) electrons. The van der Waals surface area contributed by atoms with Crippen LogP contribution in [-0.4, -0.2) is 245 Å². The van der Waals surface area contributed by atoms with E-state index in [-0.39, 0.29) is 90.8 Å². The first kappa shape index (κ1) is 116. The van der Waals surface area contributed by atoms with Crippen LogP contribution in [-0.2, 0) is 97.2 Å². The number of para-hydroxylation sites is 3. The van der Waals surface area contributed by atoms with Crippen molar-refractivity contribution in [2.24, 2.45) is 17.8 Å². The first-order valence-electron chi connectivity index (χ1n) is 47.3. The molecule has 11 aromatic rings. The van der Waals surface area contributed by atoms with Crippen molar-refractivity contribution in [3.63, 3.8) is 0 Å². The minimum atomic E-state index is -4.32. The summed E-state index contributed by atoms with van der Waals surface area (Å²) in [6.07, 6.45) is -7.47. The van der Waals surface area contributed by atoms with Crippen molar-refractivity contribution < 1.29 is 134 Å². The molecule has 0 spiro atoms. The van der Waals surface area contributed by atoms with E-state index in [1.54, 1.807) is 140 Å². The molecule has 3 aromatic carbocycles. The predicted octanol–water partition coefficient (Wildman–Crippen LogP) is 7.53. The first-order chi connectivity index (χ1) is 70.3. The van der Waals surface area contributed by atoms with Crippen LogP contribution in [0.3, 0.4) is 0 Å². The number of hydrogen-bond donors (Lipinski definition) is 16. The second kappa shape index (κ2) is 50.5. The highest BCUT2D eigenvalue weighted by Crippen LogP contribution is 2.53. The third-order valence-electron chi connectivity index (χ3n) is 25.5. The topological polar surface area (TPSA) is 722 Å². The van der Waals surface area contributed by atoms with E-state index in [1.807, 2.05) is 65.8 Å². The summed E-state index contributed by atoms with van der Waals surface area (Å²) >= 11 is 0. The molecule has 4 aliphatic heterocycles. The number of benzene rings is 3. The summed E-state index contributed by atoms with van der Waals surface area (Å²) in [4.78, 5) is 42.0. The van der Waals surface area contributed by atoms with Gasteiger partial charge in [-0.25, -0.2) is 36.7 Å². The van der Waals surface area contributed by atoms with Crippen LogP contribution in [0.15, 0.2) is 183 Å². The summed E-state index contributed by atoms with van der Waals surface area (Å²) in [6, 6.07) is 46.2. The molecule has 1 unspecified atom stereocenters. The van der Waals surface area contributed by atoms with Gasteiger partial charge in [-0.05, 0) is 142 Å². The van der Waals surface area contributed by atoms with Gasteiger partial charge in [-0.15, -0.1) is 0 Å². The van der Waals surface area contributed by atoms with Gasteiger partial charge in [0.25, 0.3) is 0 Å². The molecule has 12 heterocycles. The lowest BCUT2D eigenvalue weighted by atomic mass is 9.92. The number of nitrogen functional groups attached to an aromatic ring is 4. The van der Waals surface area contributed by atoms with Gasteiger partial charge in [0.05, 0.1) is 103 Å². The van der Waals surface area contributed by atoms with E-state index in [0.717, 1.165) is 38.5 Å². The highest BCUT2D eigenvalue weighted by Gasteiger charge is 2.62. The summed E-state index contributed by atoms with van der Waals surface area (Å²) in [5, 5.41) is 159. The van der Waals surface area contributed by atoms with Crippen molar-refractivity contribution in [3.8, 4) is 41.5 Å². The van der Waals surface area contributed by atoms with Gasteiger partial charge in [0.2, 0.25) is 22.4 Å². The largest absolute Gasteiger partial charge is 0.464 e. The summed E-state index contributed by atoms with van der Waals surface area (Å²) in [7, 11) is -12.9. The lowest BCUT2D eigenvalue weighted by Gasteiger charge is -2.25. The highest BCUT2D eigenvalue weighted by molar-refractivity contribution is 7.52. The number of nitrogens with one attached hydrogen (secondary N) is 3. The number of aromatic nitrogens is 9. The Hall–Kier alpha value is -12.8. The molecular formula is C97H125N20O28P3. The quantitative estimate of drug-likeness (QED) is 0.00999. The zero-order valence-electron chi connectivity index (χ0n) is 81.7. The van der Waals surface area contributed by atoms with E-state index in [0.29, 0.717) is 39.1 Å². The van der Waals surface area contributed by atoms with E-state index < -0.39 is 181 Å². The Morgan fingerprint density at radius 1 is 0.392 bits per heavy atom. The number of carbonyl (C=O) groups excluding carboxylic acids is 3. The van der Waals surface area contributed by atoms with E-state index in [1.165, 1.54) is 81.9 Å². The van der Waals surface area contributed by atoms with E-state index in [2.05, 4.69) is 40.6 Å². The zero-order chi connectivity index (χ0) is 107. The average Bonchev–Trinajstić information content (AvgIpc) is 1.59. The van der Waals surface area contributed by atoms with E-state index in [9.17, 15) is 95.1 Å². The molecule has 4 aliphatic rings. The van der Waals surface area contributed by atoms with Crippen molar-refractivity contribution in [3.05, 3.63) is 205 Å². The number of hydrogen-bond acceptors (Lipinski definition) is 41. The zero-order valence-corrected chi connectivity index (χ0v) is 84.3. The van der Waals surface area contributed by atoms with Crippen LogP contribution in [0.2, 0.25) is 0 Å². The number of rotatable bonds is 41. The minimum absolute atomic E-state index is 0. The van der Waals surface area contributed by atoms with Crippen LogP contribution in [0.1, 0.15) is 131 Å². The molecule has 48 nitrogen and oxygen atoms in total. The van der Waals surface area contributed by atoms with Crippen molar-refractivity contribution in [1.82, 2.24) is 58.7 Å². The fourth-order valence-electron chi connectivity index (χ4n) is 16.5. The summed E-state index contributed by atoms with van der Waals surface area (Å²) in [5.74, 6) is -0.670. The maximum atomic E-state index is 13.9. The van der Waals surface area contributed by atoms with Gasteiger partial charge >= 0.3 is 41.1 Å². The smallest absolute Gasteiger partial charge is 0.459 e. The van der Waals surface area contributed by atoms with Gasteiger partial charge in [0, 0.05) is 18.6 Å². The monoisotopic (exact) mass is 2110 g/mol. The number of nitriles is 4. The Labute approximate surface area is 851 Å². The molecule has 148 heavy (non-hydrogen) atoms. The third-order valence-corrected chi connectivity index (χ3v) is 30.5. The summed E-state index contributed by atoms with van der Waals surface area (Å²) < 4.78 is 120. The highest BCUT2D eigenvalue weighted by atomic mass is 31.2. The number of carbonyl (C=O) groups is 3. The van der Waals surface area contributed by atoms with Gasteiger partial charge in [-0.2, -0.15) is 56.7 Å². The number of fused-ring (bicyclic) bond motifs is 4. The summed E-state index contributed by atoms with van der Waals surface area (Å²) in [6.45, 7) is 14.8. The van der Waals surface area contributed by atoms with Crippen molar-refractivity contribution in [2.45, 2.75) is 222 Å². The molecule has 796 valence electrons. The minimum Gasteiger partial charge on any atom is -0.464 e. The molecule has 8 aromatic heterocycles. The molecule has 0 bridgehead atoms. The standard InChI is InChI=1S/2C28H36N5O8P.C27H35N6O8P.C13H14N4O4.CH4/c2*1-4-19(5-2)15-38-27(36)18(3)32-42(37,41-20-9-7-6-8-10-20)39-16-23-25(34)26(35)28(17-29,40-23)24-12-11-22-21(30)13-14-31-33(22)24;1-4-18(5-2)13-38-26(36)17(3)32-42(37,41-19-9-7-6-8-10-19)39-14-21-23(34)24(35)27(15-28,40-21)22-12-11-20-25(29)30-16-31-33(20)22;14-6-13(12(20)11(19)9(5-18)21-13)10-2-1-8-7(15)3-4-16-17(8)10;/h2*6-14,18-19,23,25-26,34-35H,4-5,15-16,30H2,1-3H3,(H,32,37);6-12,16-18,21,23-24,34-35H,4-5,13-14H2,1-3H3,(H,32,37)(H2,29,30,31);1-4,9,11-12,18-20H,5,15H2;1H4/t18-,23+,25+,26+,28-,42?;18-,23+,25+,26+,28-,42+;17-,21+,23+,24+,27-,42-;9-,11-,12-,13+;/m0001./s1. The molecule has 0 amide bonds. The number of anilines is 4. The van der Waals surface area contributed by atoms with Crippen molar-refractivity contribution in [2.75, 3.05) is 69.2 Å². The Bertz CT molecular complexity index is 6120. The SMILES string of the molecule is C.CCC(CC)COC(=O)[C@H](C)NP(=O)(OC[C@H]1O[C@@](C#N)(c2ccc3c(N)ccnn23)[C@H](O)[C@@H]1O)Oc1ccccc1.CCC(CC)COC(=O)[C@H](C)N[P@@](=O)(OC[C@H]1O[C@@](C#N)(c2ccc3c(N)ccnn23)[C@H](O)[C@@H]1O)Oc1ccccc1.CCC(CC)COC(=O)[C@H](C)N[P@](=O)(OC[C@H]1O[C@@](C#N)(c2ccc3c(N)ncnn23)[C@H](O)[C@@H]1O)Oc1ccccc1.N#C[C@@]1(c2ccc3c(N)ccnn23)O[C@H](CO)[C@@H](O)[C@H]1O. The number of aliphatic hydroxyl groups is 9. The van der Waals surface area contributed by atoms with Crippen LogP contribution in [0.25, 0.3) is 22.1 Å². The number of esters is 3. The van der Waals surface area contributed by atoms with E-state index >= 15 is 0 Å².